The maximum Gasteiger partial charge on any atom is 0.249 e. The van der Waals surface area contributed by atoms with Crippen molar-refractivity contribution in [2.24, 2.45) is 0 Å². The molecule has 0 radical (unpaired) electrons. The molecule has 0 fully saturated rings. The molecule has 0 aliphatic heterocycles. The number of methoxy groups -OCH3 is 2. The highest BCUT2D eigenvalue weighted by Crippen LogP contribution is 2.35. The summed E-state index contributed by atoms with van der Waals surface area (Å²) in [5.74, 6) is 2.11. The van der Waals surface area contributed by atoms with E-state index in [1.54, 1.807) is 20.3 Å². The summed E-state index contributed by atoms with van der Waals surface area (Å²) >= 11 is 6.29. The van der Waals surface area contributed by atoms with Crippen LogP contribution >= 0.6 is 11.6 Å². The number of halogens is 1. The standard InChI is InChI=1S/C23H20ClN3O3/c1-28-16-12-13-19(20(14-16)29-2)25-21(15-8-4-3-5-9-15)23-27-26-22(30-23)17-10-6-7-11-18(17)24/h3-14,21,25H,1-2H3/t21-/m1/s1. The third-order valence-corrected chi connectivity index (χ3v) is 4.96. The van der Waals surface area contributed by atoms with Gasteiger partial charge >= 0.3 is 0 Å². The fraction of sp³-hybridized carbons (Fsp3) is 0.130. The van der Waals surface area contributed by atoms with Crippen LogP contribution in [0.2, 0.25) is 5.02 Å². The average molecular weight is 422 g/mol. The van der Waals surface area contributed by atoms with Crippen molar-refractivity contribution in [3.05, 3.63) is 89.3 Å². The van der Waals surface area contributed by atoms with E-state index in [0.29, 0.717) is 33.9 Å². The van der Waals surface area contributed by atoms with E-state index in [1.165, 1.54) is 0 Å². The zero-order valence-corrected chi connectivity index (χ0v) is 17.3. The zero-order valence-electron chi connectivity index (χ0n) is 16.5. The molecule has 0 aliphatic rings. The lowest BCUT2D eigenvalue weighted by molar-refractivity contribution is 0.395. The Bertz CT molecular complexity index is 1130. The Labute approximate surface area is 179 Å². The Kier molecular flexibility index (Phi) is 5.86. The van der Waals surface area contributed by atoms with Crippen molar-refractivity contribution in [3.63, 3.8) is 0 Å². The van der Waals surface area contributed by atoms with Gasteiger partial charge in [0.1, 0.15) is 17.5 Å². The summed E-state index contributed by atoms with van der Waals surface area (Å²) < 4.78 is 16.8. The second-order valence-corrected chi connectivity index (χ2v) is 6.89. The maximum absolute atomic E-state index is 6.29. The second kappa shape index (κ2) is 8.88. The normalized spacial score (nSPS) is 11.7. The van der Waals surface area contributed by atoms with Gasteiger partial charge in [-0.25, -0.2) is 0 Å². The molecule has 1 atom stereocenters. The van der Waals surface area contributed by atoms with Crippen molar-refractivity contribution in [3.8, 4) is 23.0 Å². The van der Waals surface area contributed by atoms with E-state index in [2.05, 4.69) is 15.5 Å². The smallest absolute Gasteiger partial charge is 0.249 e. The minimum absolute atomic E-state index is 0.361. The molecule has 1 aromatic heterocycles. The Hall–Kier alpha value is -3.51. The summed E-state index contributed by atoms with van der Waals surface area (Å²) in [5.41, 5.74) is 2.42. The van der Waals surface area contributed by atoms with E-state index in [9.17, 15) is 0 Å². The van der Waals surface area contributed by atoms with Gasteiger partial charge in [-0.2, -0.15) is 0 Å². The van der Waals surface area contributed by atoms with Crippen molar-refractivity contribution < 1.29 is 13.9 Å². The minimum Gasteiger partial charge on any atom is -0.497 e. The molecule has 1 N–H and O–H groups in total. The summed E-state index contributed by atoms with van der Waals surface area (Å²) in [4.78, 5) is 0. The van der Waals surface area contributed by atoms with Crippen LogP contribution in [0.5, 0.6) is 11.5 Å². The van der Waals surface area contributed by atoms with Gasteiger partial charge in [0, 0.05) is 6.07 Å². The number of aromatic nitrogens is 2. The van der Waals surface area contributed by atoms with Crippen molar-refractivity contribution in [1.82, 2.24) is 10.2 Å². The van der Waals surface area contributed by atoms with Crippen molar-refractivity contribution in [2.45, 2.75) is 6.04 Å². The molecular weight excluding hydrogens is 402 g/mol. The van der Waals surface area contributed by atoms with E-state index in [4.69, 9.17) is 25.5 Å². The molecule has 0 unspecified atom stereocenters. The molecule has 4 aromatic rings. The first kappa shape index (κ1) is 19.8. The minimum atomic E-state index is -0.391. The van der Waals surface area contributed by atoms with Gasteiger partial charge in [-0.05, 0) is 29.8 Å². The first-order valence-corrected chi connectivity index (χ1v) is 9.69. The molecule has 3 aromatic carbocycles. The largest absolute Gasteiger partial charge is 0.497 e. The predicted octanol–water partition coefficient (Wildman–Crippen LogP) is 5.61. The van der Waals surface area contributed by atoms with Crippen LogP contribution in [0.4, 0.5) is 5.69 Å². The topological polar surface area (TPSA) is 69.4 Å². The van der Waals surface area contributed by atoms with Gasteiger partial charge in [-0.1, -0.05) is 54.1 Å². The number of hydrogen-bond donors (Lipinski definition) is 1. The molecule has 0 saturated heterocycles. The first-order chi connectivity index (χ1) is 14.7. The molecular formula is C23H20ClN3O3. The molecule has 0 amide bonds. The molecule has 152 valence electrons. The number of benzene rings is 3. The van der Waals surface area contributed by atoms with E-state index in [0.717, 1.165) is 11.3 Å². The molecule has 0 aliphatic carbocycles. The second-order valence-electron chi connectivity index (χ2n) is 6.48. The average Bonchev–Trinajstić information content (AvgIpc) is 3.28. The van der Waals surface area contributed by atoms with Crippen LogP contribution in [0.1, 0.15) is 17.5 Å². The summed E-state index contributed by atoms with van der Waals surface area (Å²) in [7, 11) is 3.23. The quantitative estimate of drug-likeness (QED) is 0.418. The van der Waals surface area contributed by atoms with Gasteiger partial charge in [0.25, 0.3) is 0 Å². The van der Waals surface area contributed by atoms with Gasteiger partial charge in [-0.15, -0.1) is 10.2 Å². The summed E-state index contributed by atoms with van der Waals surface area (Å²) in [6.07, 6.45) is 0. The number of ether oxygens (including phenoxy) is 2. The Morgan fingerprint density at radius 3 is 2.40 bits per heavy atom. The monoisotopic (exact) mass is 421 g/mol. The molecule has 0 bridgehead atoms. The molecule has 30 heavy (non-hydrogen) atoms. The third-order valence-electron chi connectivity index (χ3n) is 4.63. The fourth-order valence-corrected chi connectivity index (χ4v) is 3.32. The van der Waals surface area contributed by atoms with E-state index in [1.807, 2.05) is 66.7 Å². The number of rotatable bonds is 7. The summed E-state index contributed by atoms with van der Waals surface area (Å²) in [5, 5.41) is 12.5. The SMILES string of the molecule is COc1ccc(N[C@H](c2ccccc2)c2nnc(-c3ccccc3Cl)o2)c(OC)c1. The van der Waals surface area contributed by atoms with Gasteiger partial charge in [0.05, 0.1) is 30.5 Å². The number of nitrogens with zero attached hydrogens (tertiary/aromatic N) is 2. The highest BCUT2D eigenvalue weighted by atomic mass is 35.5. The molecule has 0 saturated carbocycles. The molecule has 6 nitrogen and oxygen atoms in total. The number of nitrogens with one attached hydrogen (secondary N) is 1. The van der Waals surface area contributed by atoms with Crippen molar-refractivity contribution in [1.29, 1.82) is 0 Å². The van der Waals surface area contributed by atoms with Gasteiger partial charge in [-0.3, -0.25) is 0 Å². The first-order valence-electron chi connectivity index (χ1n) is 9.31. The van der Waals surface area contributed by atoms with E-state index < -0.39 is 6.04 Å². The maximum atomic E-state index is 6.29. The number of anilines is 1. The van der Waals surface area contributed by atoms with Gasteiger partial charge in [0.2, 0.25) is 11.8 Å². The molecule has 7 heteroatoms. The lowest BCUT2D eigenvalue weighted by Gasteiger charge is -2.19. The van der Waals surface area contributed by atoms with E-state index in [-0.39, 0.29) is 0 Å². The third kappa shape index (κ3) is 4.09. The highest BCUT2D eigenvalue weighted by Gasteiger charge is 2.23. The number of hydrogen-bond acceptors (Lipinski definition) is 6. The summed E-state index contributed by atoms with van der Waals surface area (Å²) in [6, 6.07) is 22.4. The Balaban J connectivity index is 1.73. The Morgan fingerprint density at radius 2 is 1.67 bits per heavy atom. The summed E-state index contributed by atoms with van der Waals surface area (Å²) in [6.45, 7) is 0. The van der Waals surface area contributed by atoms with Crippen molar-refractivity contribution >= 4 is 17.3 Å². The Morgan fingerprint density at radius 1 is 0.900 bits per heavy atom. The lowest BCUT2D eigenvalue weighted by Crippen LogP contribution is -2.13. The molecule has 4 rings (SSSR count). The highest BCUT2D eigenvalue weighted by molar-refractivity contribution is 6.33. The van der Waals surface area contributed by atoms with Crippen LogP contribution in [0.3, 0.4) is 0 Å². The van der Waals surface area contributed by atoms with Crippen LogP contribution in [0.25, 0.3) is 11.5 Å². The lowest BCUT2D eigenvalue weighted by atomic mass is 10.1. The van der Waals surface area contributed by atoms with Gasteiger partial charge in [0.15, 0.2) is 0 Å². The zero-order chi connectivity index (χ0) is 20.9. The van der Waals surface area contributed by atoms with Crippen LogP contribution in [0.15, 0.2) is 77.2 Å². The van der Waals surface area contributed by atoms with Gasteiger partial charge < -0.3 is 19.2 Å². The predicted molar refractivity (Wildman–Crippen MR) is 116 cm³/mol. The molecule has 0 spiro atoms. The van der Waals surface area contributed by atoms with Crippen LogP contribution < -0.4 is 14.8 Å². The van der Waals surface area contributed by atoms with Crippen LogP contribution in [-0.4, -0.2) is 24.4 Å². The van der Waals surface area contributed by atoms with Crippen molar-refractivity contribution in [2.75, 3.05) is 19.5 Å². The van der Waals surface area contributed by atoms with Crippen LogP contribution in [0, 0.1) is 0 Å². The van der Waals surface area contributed by atoms with Crippen LogP contribution in [-0.2, 0) is 0 Å². The molecule has 1 heterocycles. The fourth-order valence-electron chi connectivity index (χ4n) is 3.10. The van der Waals surface area contributed by atoms with E-state index >= 15 is 0 Å².